The second kappa shape index (κ2) is 11.4. The molecule has 2 N–H and O–H groups in total. The van der Waals surface area contributed by atoms with Crippen LogP contribution in [0.5, 0.6) is 0 Å². The van der Waals surface area contributed by atoms with Gasteiger partial charge in [-0.15, -0.1) is 0 Å². The van der Waals surface area contributed by atoms with Crippen LogP contribution in [0.2, 0.25) is 0 Å². The number of nitrogens with zero attached hydrogens (tertiary/aromatic N) is 1. The molecule has 2 aliphatic heterocycles. The fourth-order valence-corrected chi connectivity index (χ4v) is 7.05. The Labute approximate surface area is 247 Å². The SMILES string of the molecule is CC(C)(C(=O)N[C@]1(c2ccccc2)CC[C@@H](N2CCC3(CCCO3)CC2)[C@H](O)C1)c1cc(C(F)(F)F)cc(C(F)(F)F)c1. The van der Waals surface area contributed by atoms with Crippen molar-refractivity contribution in [1.29, 1.82) is 0 Å². The molecule has 1 aliphatic carbocycles. The second-order valence-electron chi connectivity index (χ2n) is 12.9. The summed E-state index contributed by atoms with van der Waals surface area (Å²) >= 11 is 0. The third-order valence-corrected chi connectivity index (χ3v) is 9.79. The zero-order chi connectivity index (χ0) is 31.3. The largest absolute Gasteiger partial charge is 0.416 e. The quantitative estimate of drug-likeness (QED) is 0.375. The van der Waals surface area contributed by atoms with Crippen LogP contribution in [0, 0.1) is 0 Å². The molecule has 3 aliphatic rings. The molecule has 236 valence electrons. The maximum atomic E-state index is 13.9. The van der Waals surface area contributed by atoms with Gasteiger partial charge in [0, 0.05) is 32.2 Å². The summed E-state index contributed by atoms with van der Waals surface area (Å²) in [6, 6.07) is 10.1. The Morgan fingerprint density at radius 3 is 2.00 bits per heavy atom. The van der Waals surface area contributed by atoms with Gasteiger partial charge in [0.15, 0.2) is 0 Å². The van der Waals surface area contributed by atoms with Crippen molar-refractivity contribution in [1.82, 2.24) is 10.2 Å². The summed E-state index contributed by atoms with van der Waals surface area (Å²) in [6.07, 6.45) is -5.86. The average Bonchev–Trinajstić information content (AvgIpc) is 3.41. The number of halogens is 6. The van der Waals surface area contributed by atoms with Crippen LogP contribution in [0.25, 0.3) is 0 Å². The molecule has 2 aromatic carbocycles. The molecule has 1 spiro atoms. The first kappa shape index (κ1) is 31.8. The first-order chi connectivity index (χ1) is 20.0. The van der Waals surface area contributed by atoms with Gasteiger partial charge in [0.1, 0.15) is 0 Å². The van der Waals surface area contributed by atoms with Crippen LogP contribution in [0.1, 0.15) is 81.0 Å². The van der Waals surface area contributed by atoms with Gasteiger partial charge in [0.05, 0.1) is 33.8 Å². The van der Waals surface area contributed by atoms with E-state index in [9.17, 15) is 36.2 Å². The van der Waals surface area contributed by atoms with E-state index in [2.05, 4.69) is 10.2 Å². The summed E-state index contributed by atoms with van der Waals surface area (Å²) in [4.78, 5) is 16.2. The topological polar surface area (TPSA) is 61.8 Å². The van der Waals surface area contributed by atoms with Crippen molar-refractivity contribution in [3.8, 4) is 0 Å². The lowest BCUT2D eigenvalue weighted by atomic mass is 9.71. The summed E-state index contributed by atoms with van der Waals surface area (Å²) in [5.41, 5.74) is -5.52. The molecule has 11 heteroatoms. The van der Waals surface area contributed by atoms with Gasteiger partial charge in [-0.1, -0.05) is 30.3 Å². The number of nitrogens with one attached hydrogen (secondary N) is 1. The van der Waals surface area contributed by atoms with E-state index < -0.39 is 52.0 Å². The van der Waals surface area contributed by atoms with Crippen LogP contribution in [-0.2, 0) is 32.8 Å². The van der Waals surface area contributed by atoms with E-state index in [0.717, 1.165) is 45.4 Å². The summed E-state index contributed by atoms with van der Waals surface area (Å²) < 4.78 is 87.6. The van der Waals surface area contributed by atoms with Crippen molar-refractivity contribution in [3.05, 3.63) is 70.8 Å². The van der Waals surface area contributed by atoms with E-state index in [4.69, 9.17) is 4.74 Å². The highest BCUT2D eigenvalue weighted by molar-refractivity contribution is 5.88. The molecule has 5 nitrogen and oxygen atoms in total. The van der Waals surface area contributed by atoms with E-state index in [-0.39, 0.29) is 24.1 Å². The van der Waals surface area contributed by atoms with Gasteiger partial charge < -0.3 is 15.2 Å². The third-order valence-electron chi connectivity index (χ3n) is 9.79. The number of benzene rings is 2. The van der Waals surface area contributed by atoms with Gasteiger partial charge >= 0.3 is 12.4 Å². The zero-order valence-electron chi connectivity index (χ0n) is 24.3. The number of likely N-dealkylation sites (tertiary alicyclic amines) is 1. The van der Waals surface area contributed by atoms with Crippen molar-refractivity contribution in [2.24, 2.45) is 0 Å². The molecule has 1 amide bonds. The highest BCUT2D eigenvalue weighted by Crippen LogP contribution is 2.44. The number of piperidine rings is 1. The number of carbonyl (C=O) groups excluding carboxylic acids is 1. The lowest BCUT2D eigenvalue weighted by Gasteiger charge is -2.50. The fourth-order valence-electron chi connectivity index (χ4n) is 7.05. The molecule has 2 saturated heterocycles. The average molecular weight is 613 g/mol. The highest BCUT2D eigenvalue weighted by Gasteiger charge is 2.48. The number of hydrogen-bond donors (Lipinski definition) is 2. The zero-order valence-corrected chi connectivity index (χ0v) is 24.3. The predicted octanol–water partition coefficient (Wildman–Crippen LogP) is 6.57. The molecule has 0 aromatic heterocycles. The number of rotatable bonds is 5. The van der Waals surface area contributed by atoms with Gasteiger partial charge in [-0.25, -0.2) is 0 Å². The molecule has 0 bridgehead atoms. The van der Waals surface area contributed by atoms with Crippen LogP contribution < -0.4 is 5.32 Å². The molecule has 3 atom stereocenters. The van der Waals surface area contributed by atoms with Crippen molar-refractivity contribution >= 4 is 5.91 Å². The molecule has 2 aromatic rings. The normalized spacial score (nSPS) is 26.9. The molecule has 2 heterocycles. The maximum Gasteiger partial charge on any atom is 0.416 e. The summed E-state index contributed by atoms with van der Waals surface area (Å²) in [7, 11) is 0. The number of ether oxygens (including phenoxy) is 1. The van der Waals surface area contributed by atoms with Gasteiger partial charge in [-0.05, 0) is 81.7 Å². The monoisotopic (exact) mass is 612 g/mol. The Morgan fingerprint density at radius 1 is 0.907 bits per heavy atom. The third kappa shape index (κ3) is 6.44. The molecule has 5 rings (SSSR count). The van der Waals surface area contributed by atoms with E-state index in [1.807, 2.05) is 12.1 Å². The molecular weight excluding hydrogens is 574 g/mol. The standard InChI is InChI=1S/C32H38F6N2O3/c1-28(2,22-17-23(31(33,34)35)19-24(18-22)32(36,37)38)27(42)39-30(21-7-4-3-5-8-21)11-9-25(26(41)20-30)40-14-12-29(13-15-40)10-6-16-43-29/h3-5,7-8,17-19,25-26,41H,6,9-16,20H2,1-2H3,(H,39,42)/t25-,26-,30-/m1/s1. The number of aliphatic hydroxyl groups excluding tert-OH is 1. The molecule has 43 heavy (non-hydrogen) atoms. The maximum absolute atomic E-state index is 13.9. The second-order valence-corrected chi connectivity index (χ2v) is 12.9. The van der Waals surface area contributed by atoms with Crippen LogP contribution in [-0.4, -0.2) is 53.4 Å². The molecule has 0 radical (unpaired) electrons. The van der Waals surface area contributed by atoms with Gasteiger partial charge in [0.25, 0.3) is 0 Å². The number of aliphatic hydroxyl groups is 1. The number of carbonyl (C=O) groups is 1. The Hall–Kier alpha value is -2.63. The van der Waals surface area contributed by atoms with E-state index in [1.54, 1.807) is 18.2 Å². The van der Waals surface area contributed by atoms with Crippen molar-refractivity contribution in [3.63, 3.8) is 0 Å². The van der Waals surface area contributed by atoms with Crippen LogP contribution >= 0.6 is 0 Å². The molecule has 3 fully saturated rings. The lowest BCUT2D eigenvalue weighted by molar-refractivity contribution is -0.143. The summed E-state index contributed by atoms with van der Waals surface area (Å²) in [5.74, 6) is -0.729. The Kier molecular flexibility index (Phi) is 8.41. The van der Waals surface area contributed by atoms with E-state index in [1.165, 1.54) is 13.8 Å². The molecule has 1 saturated carbocycles. The lowest BCUT2D eigenvalue weighted by Crippen LogP contribution is -2.60. The molecular formula is C32H38F6N2O3. The van der Waals surface area contributed by atoms with Crippen LogP contribution in [0.3, 0.4) is 0 Å². The number of amides is 1. The predicted molar refractivity (Wildman–Crippen MR) is 148 cm³/mol. The van der Waals surface area contributed by atoms with Gasteiger partial charge in [-0.2, -0.15) is 26.3 Å². The van der Waals surface area contributed by atoms with E-state index in [0.29, 0.717) is 30.5 Å². The van der Waals surface area contributed by atoms with Crippen LogP contribution in [0.4, 0.5) is 26.3 Å². The Bertz CT molecular complexity index is 1260. The molecule has 0 unspecified atom stereocenters. The summed E-state index contributed by atoms with van der Waals surface area (Å²) in [5, 5.41) is 14.5. The Morgan fingerprint density at radius 2 is 1.49 bits per heavy atom. The first-order valence-electron chi connectivity index (χ1n) is 14.8. The summed E-state index contributed by atoms with van der Waals surface area (Å²) in [6.45, 7) is 4.98. The van der Waals surface area contributed by atoms with Crippen molar-refractivity contribution in [2.45, 2.75) is 99.8 Å². The number of alkyl halides is 6. The van der Waals surface area contributed by atoms with Gasteiger partial charge in [0.2, 0.25) is 5.91 Å². The fraction of sp³-hybridized carbons (Fsp3) is 0.594. The minimum atomic E-state index is -5.03. The van der Waals surface area contributed by atoms with E-state index >= 15 is 0 Å². The van der Waals surface area contributed by atoms with Crippen LogP contribution in [0.15, 0.2) is 48.5 Å². The minimum Gasteiger partial charge on any atom is -0.391 e. The first-order valence-corrected chi connectivity index (χ1v) is 14.8. The number of hydrogen-bond acceptors (Lipinski definition) is 4. The van der Waals surface area contributed by atoms with Crippen molar-refractivity contribution < 1.29 is 41.0 Å². The Balaban J connectivity index is 1.40. The minimum absolute atomic E-state index is 0.0574. The van der Waals surface area contributed by atoms with Gasteiger partial charge in [-0.3, -0.25) is 9.69 Å². The van der Waals surface area contributed by atoms with Crippen molar-refractivity contribution in [2.75, 3.05) is 19.7 Å². The highest BCUT2D eigenvalue weighted by atomic mass is 19.4. The smallest absolute Gasteiger partial charge is 0.391 e.